The number of hydrogen-bond acceptors (Lipinski definition) is 5. The molecule has 7 nitrogen and oxygen atoms in total. The Morgan fingerprint density at radius 3 is 1.60 bits per heavy atom. The van der Waals surface area contributed by atoms with E-state index >= 15 is 0 Å². The lowest BCUT2D eigenvalue weighted by atomic mass is 10.3. The van der Waals surface area contributed by atoms with E-state index in [0.29, 0.717) is 11.4 Å². The predicted molar refractivity (Wildman–Crippen MR) is 76.0 cm³/mol. The van der Waals surface area contributed by atoms with Gasteiger partial charge in [-0.3, -0.25) is 9.79 Å². The first-order chi connectivity index (χ1) is 9.26. The molecule has 0 heterocycles. The van der Waals surface area contributed by atoms with E-state index in [1.807, 2.05) is 0 Å². The van der Waals surface area contributed by atoms with Gasteiger partial charge in [0.1, 0.15) is 11.5 Å². The number of nitrogens with two attached hydrogens (primary N) is 2. The van der Waals surface area contributed by atoms with Crippen LogP contribution >= 0.6 is 7.82 Å². The monoisotopic (exact) mass is 298 g/mol. The summed E-state index contributed by atoms with van der Waals surface area (Å²) in [5, 5.41) is 8.70. The zero-order valence-corrected chi connectivity index (χ0v) is 11.3. The van der Waals surface area contributed by atoms with Crippen molar-refractivity contribution in [3.63, 3.8) is 0 Å². The SMILES string of the molecule is Nc1ccc(O)cc1.Nc1ccc(OP(=O)(O)O)cc1. The Balaban J connectivity index is 0.000000217. The van der Waals surface area contributed by atoms with Gasteiger partial charge in [0.2, 0.25) is 0 Å². The summed E-state index contributed by atoms with van der Waals surface area (Å²) >= 11 is 0. The zero-order chi connectivity index (χ0) is 15.2. The second-order valence-electron chi connectivity index (χ2n) is 3.74. The van der Waals surface area contributed by atoms with Crippen molar-refractivity contribution in [3.05, 3.63) is 48.5 Å². The van der Waals surface area contributed by atoms with Crippen LogP contribution in [0.5, 0.6) is 11.5 Å². The molecule has 0 aliphatic heterocycles. The van der Waals surface area contributed by atoms with Gasteiger partial charge in [0.25, 0.3) is 0 Å². The number of phosphoric acid groups is 1. The van der Waals surface area contributed by atoms with Crippen LogP contribution in [0.25, 0.3) is 0 Å². The molecule has 0 saturated carbocycles. The van der Waals surface area contributed by atoms with Crippen LogP contribution in [0.1, 0.15) is 0 Å². The van der Waals surface area contributed by atoms with Gasteiger partial charge in [-0.2, -0.15) is 0 Å². The molecule has 0 atom stereocenters. The lowest BCUT2D eigenvalue weighted by Crippen LogP contribution is -1.90. The first-order valence-corrected chi connectivity index (χ1v) is 6.94. The van der Waals surface area contributed by atoms with Crippen molar-refractivity contribution in [2.45, 2.75) is 0 Å². The van der Waals surface area contributed by atoms with E-state index in [4.69, 9.17) is 26.4 Å². The van der Waals surface area contributed by atoms with Crippen LogP contribution in [0.3, 0.4) is 0 Å². The topological polar surface area (TPSA) is 139 Å². The van der Waals surface area contributed by atoms with Gasteiger partial charge in [0.15, 0.2) is 0 Å². The average molecular weight is 298 g/mol. The fourth-order valence-electron chi connectivity index (χ4n) is 1.14. The Bertz CT molecular complexity index is 559. The second kappa shape index (κ2) is 6.81. The summed E-state index contributed by atoms with van der Waals surface area (Å²) in [6.07, 6.45) is 0. The Hall–Kier alpha value is -2.21. The quantitative estimate of drug-likeness (QED) is 0.323. The molecule has 0 radical (unpaired) electrons. The average Bonchev–Trinajstić information content (AvgIpc) is 2.35. The summed E-state index contributed by atoms with van der Waals surface area (Å²) in [5.74, 6) is 0.344. The van der Waals surface area contributed by atoms with Crippen LogP contribution in [0.15, 0.2) is 48.5 Å². The summed E-state index contributed by atoms with van der Waals surface area (Å²) in [6.45, 7) is 0. The van der Waals surface area contributed by atoms with Gasteiger partial charge in [-0.1, -0.05) is 0 Å². The van der Waals surface area contributed by atoms with Gasteiger partial charge in [-0.25, -0.2) is 4.57 Å². The predicted octanol–water partition coefficient (Wildman–Crippen LogP) is 1.71. The number of rotatable bonds is 2. The smallest absolute Gasteiger partial charge is 0.508 e. The molecule has 2 aromatic carbocycles. The maximum Gasteiger partial charge on any atom is 0.524 e. The van der Waals surface area contributed by atoms with Crippen molar-refractivity contribution in [1.29, 1.82) is 0 Å². The molecule has 0 aromatic heterocycles. The summed E-state index contributed by atoms with van der Waals surface area (Å²) in [7, 11) is -4.44. The Morgan fingerprint density at radius 1 is 0.850 bits per heavy atom. The number of anilines is 2. The maximum atomic E-state index is 10.3. The van der Waals surface area contributed by atoms with Crippen molar-refractivity contribution < 1.29 is 24.0 Å². The third kappa shape index (κ3) is 6.65. The highest BCUT2D eigenvalue weighted by Gasteiger charge is 2.14. The van der Waals surface area contributed by atoms with Crippen molar-refractivity contribution in [2.24, 2.45) is 0 Å². The summed E-state index contributed by atoms with van der Waals surface area (Å²) in [5.41, 5.74) is 11.8. The normalized spacial score (nSPS) is 10.3. The fraction of sp³-hybridized carbons (Fsp3) is 0. The minimum absolute atomic E-state index is 0.0949. The molecule has 0 aliphatic carbocycles. The fourth-order valence-corrected chi connectivity index (χ4v) is 1.54. The van der Waals surface area contributed by atoms with Crippen molar-refractivity contribution >= 4 is 19.2 Å². The van der Waals surface area contributed by atoms with E-state index in [-0.39, 0.29) is 11.5 Å². The molecular formula is C12H15N2O5P. The highest BCUT2D eigenvalue weighted by atomic mass is 31.2. The largest absolute Gasteiger partial charge is 0.524 e. The number of benzene rings is 2. The summed E-state index contributed by atoms with van der Waals surface area (Å²) < 4.78 is 14.6. The maximum absolute atomic E-state index is 10.3. The molecule has 0 aliphatic rings. The molecular weight excluding hydrogens is 283 g/mol. The number of aromatic hydroxyl groups is 1. The van der Waals surface area contributed by atoms with Crippen LogP contribution in [-0.4, -0.2) is 14.9 Å². The highest BCUT2D eigenvalue weighted by molar-refractivity contribution is 7.46. The Kier molecular flexibility index (Phi) is 5.40. The molecule has 108 valence electrons. The van der Waals surface area contributed by atoms with Crippen LogP contribution < -0.4 is 16.0 Å². The number of phosphoric ester groups is 1. The molecule has 0 unspecified atom stereocenters. The first-order valence-electron chi connectivity index (χ1n) is 5.41. The van der Waals surface area contributed by atoms with Gasteiger partial charge >= 0.3 is 7.82 Å². The molecule has 0 spiro atoms. The van der Waals surface area contributed by atoms with E-state index < -0.39 is 7.82 Å². The number of nitrogen functional groups attached to an aromatic ring is 2. The van der Waals surface area contributed by atoms with Gasteiger partial charge in [0.05, 0.1) is 0 Å². The molecule has 20 heavy (non-hydrogen) atoms. The van der Waals surface area contributed by atoms with Crippen LogP contribution in [0.2, 0.25) is 0 Å². The van der Waals surface area contributed by atoms with Gasteiger partial charge < -0.3 is 21.1 Å². The van der Waals surface area contributed by atoms with Crippen LogP contribution in [0, 0.1) is 0 Å². The molecule has 0 fully saturated rings. The molecule has 0 bridgehead atoms. The van der Waals surface area contributed by atoms with Crippen LogP contribution in [-0.2, 0) is 4.57 Å². The standard InChI is InChI=1S/C6H8NO4P.C6H7NO/c7-5-1-3-6(4-2-5)11-12(8,9)10;7-5-1-3-6(8)4-2-5/h1-4H,7H2,(H2,8,9,10);1-4,8H,7H2. The molecule has 7 N–H and O–H groups in total. The molecule has 2 aromatic rings. The van der Waals surface area contributed by atoms with Gasteiger partial charge in [-0.15, -0.1) is 0 Å². The molecule has 0 amide bonds. The molecule has 8 heteroatoms. The zero-order valence-electron chi connectivity index (χ0n) is 10.4. The van der Waals surface area contributed by atoms with Crippen molar-refractivity contribution in [3.8, 4) is 11.5 Å². The minimum atomic E-state index is -4.44. The number of hydrogen-bond donors (Lipinski definition) is 5. The minimum Gasteiger partial charge on any atom is -0.508 e. The third-order valence-electron chi connectivity index (χ3n) is 2.00. The lowest BCUT2D eigenvalue weighted by Gasteiger charge is -2.05. The van der Waals surface area contributed by atoms with E-state index in [1.165, 1.54) is 24.3 Å². The van der Waals surface area contributed by atoms with E-state index in [9.17, 15) is 4.57 Å². The summed E-state index contributed by atoms with van der Waals surface area (Å²) in [6, 6.07) is 12.1. The van der Waals surface area contributed by atoms with Crippen molar-refractivity contribution in [1.82, 2.24) is 0 Å². The number of phenols is 1. The lowest BCUT2D eigenvalue weighted by molar-refractivity contribution is 0.283. The Morgan fingerprint density at radius 2 is 1.25 bits per heavy atom. The van der Waals surface area contributed by atoms with Gasteiger partial charge in [0, 0.05) is 11.4 Å². The van der Waals surface area contributed by atoms with Gasteiger partial charge in [-0.05, 0) is 48.5 Å². The van der Waals surface area contributed by atoms with E-state index in [1.54, 1.807) is 24.3 Å². The third-order valence-corrected chi connectivity index (χ3v) is 2.45. The highest BCUT2D eigenvalue weighted by Crippen LogP contribution is 2.37. The summed E-state index contributed by atoms with van der Waals surface area (Å²) in [4.78, 5) is 16.8. The van der Waals surface area contributed by atoms with E-state index in [2.05, 4.69) is 4.52 Å². The van der Waals surface area contributed by atoms with E-state index in [0.717, 1.165) is 0 Å². The second-order valence-corrected chi connectivity index (χ2v) is 4.91. The molecule has 2 rings (SSSR count). The Labute approximate surface area is 115 Å². The molecule has 0 saturated heterocycles. The number of phenolic OH excluding ortho intramolecular Hbond substituents is 1. The van der Waals surface area contributed by atoms with Crippen LogP contribution in [0.4, 0.5) is 11.4 Å². The van der Waals surface area contributed by atoms with Crippen molar-refractivity contribution in [2.75, 3.05) is 11.5 Å². The first kappa shape index (κ1) is 15.8.